The van der Waals surface area contributed by atoms with Crippen molar-refractivity contribution in [3.8, 4) is 0 Å². The summed E-state index contributed by atoms with van der Waals surface area (Å²) in [6.45, 7) is 0.858. The molecule has 1 atom stereocenters. The molecule has 7 nitrogen and oxygen atoms in total. The standard InChI is InChI=1S/C13H18N4O3/c1-20-8-10(14)13(19)16-11-5-4-9(7-15-11)17-6-2-3-12(17)18/h4-5,7,10H,2-3,6,8,14H2,1H3,(H,15,16,19). The van der Waals surface area contributed by atoms with Crippen molar-refractivity contribution in [1.29, 1.82) is 0 Å². The van der Waals surface area contributed by atoms with Crippen molar-refractivity contribution in [2.45, 2.75) is 18.9 Å². The highest BCUT2D eigenvalue weighted by Gasteiger charge is 2.22. The number of carbonyl (C=O) groups excluding carboxylic acids is 2. The molecule has 2 heterocycles. The molecular formula is C13H18N4O3. The molecule has 0 spiro atoms. The minimum Gasteiger partial charge on any atom is -0.383 e. The third-order valence-electron chi connectivity index (χ3n) is 3.07. The number of pyridine rings is 1. The number of nitrogens with two attached hydrogens (primary N) is 1. The molecule has 2 rings (SSSR count). The van der Waals surface area contributed by atoms with Crippen LogP contribution in [0, 0.1) is 0 Å². The van der Waals surface area contributed by atoms with Crippen LogP contribution in [0.15, 0.2) is 18.3 Å². The Bertz CT molecular complexity index is 489. The first-order valence-electron chi connectivity index (χ1n) is 6.43. The van der Waals surface area contributed by atoms with E-state index in [1.807, 2.05) is 0 Å². The lowest BCUT2D eigenvalue weighted by atomic mass is 10.3. The van der Waals surface area contributed by atoms with Crippen LogP contribution < -0.4 is 16.0 Å². The van der Waals surface area contributed by atoms with Gasteiger partial charge in [-0.1, -0.05) is 0 Å². The van der Waals surface area contributed by atoms with Crippen molar-refractivity contribution in [1.82, 2.24) is 4.98 Å². The Morgan fingerprint density at radius 2 is 2.40 bits per heavy atom. The van der Waals surface area contributed by atoms with Gasteiger partial charge in [-0.05, 0) is 18.6 Å². The number of hydrogen-bond donors (Lipinski definition) is 2. The Morgan fingerprint density at radius 3 is 2.95 bits per heavy atom. The summed E-state index contributed by atoms with van der Waals surface area (Å²) in [5.41, 5.74) is 6.35. The minimum atomic E-state index is -0.735. The number of ether oxygens (including phenoxy) is 1. The Labute approximate surface area is 117 Å². The number of hydrogen-bond acceptors (Lipinski definition) is 5. The molecule has 1 saturated heterocycles. The van der Waals surface area contributed by atoms with Crippen molar-refractivity contribution in [3.63, 3.8) is 0 Å². The van der Waals surface area contributed by atoms with Crippen LogP contribution in [-0.4, -0.2) is 43.1 Å². The zero-order valence-corrected chi connectivity index (χ0v) is 11.3. The average Bonchev–Trinajstić information content (AvgIpc) is 2.86. The van der Waals surface area contributed by atoms with Gasteiger partial charge in [0.15, 0.2) is 0 Å². The van der Waals surface area contributed by atoms with E-state index in [0.717, 1.165) is 12.1 Å². The molecule has 7 heteroatoms. The van der Waals surface area contributed by atoms with Gasteiger partial charge in [-0.25, -0.2) is 4.98 Å². The molecule has 1 unspecified atom stereocenters. The monoisotopic (exact) mass is 278 g/mol. The third kappa shape index (κ3) is 3.31. The Morgan fingerprint density at radius 1 is 1.60 bits per heavy atom. The zero-order chi connectivity index (χ0) is 14.5. The first kappa shape index (κ1) is 14.4. The fourth-order valence-corrected chi connectivity index (χ4v) is 2.01. The molecular weight excluding hydrogens is 260 g/mol. The van der Waals surface area contributed by atoms with E-state index in [1.54, 1.807) is 23.2 Å². The first-order chi connectivity index (χ1) is 9.61. The molecule has 0 saturated carbocycles. The third-order valence-corrected chi connectivity index (χ3v) is 3.07. The average molecular weight is 278 g/mol. The maximum Gasteiger partial charge on any atom is 0.244 e. The zero-order valence-electron chi connectivity index (χ0n) is 11.3. The van der Waals surface area contributed by atoms with Gasteiger partial charge in [0.25, 0.3) is 0 Å². The topological polar surface area (TPSA) is 97.5 Å². The number of amides is 2. The van der Waals surface area contributed by atoms with Crippen molar-refractivity contribution in [2.75, 3.05) is 30.5 Å². The summed E-state index contributed by atoms with van der Waals surface area (Å²) in [6, 6.07) is 2.67. The lowest BCUT2D eigenvalue weighted by molar-refractivity contribution is -0.118. The van der Waals surface area contributed by atoms with E-state index < -0.39 is 6.04 Å². The Hall–Kier alpha value is -1.99. The molecule has 2 amide bonds. The van der Waals surface area contributed by atoms with Crippen LogP contribution in [0.2, 0.25) is 0 Å². The van der Waals surface area contributed by atoms with E-state index >= 15 is 0 Å². The summed E-state index contributed by atoms with van der Waals surface area (Å²) in [4.78, 5) is 29.1. The highest BCUT2D eigenvalue weighted by atomic mass is 16.5. The molecule has 1 aromatic rings. The van der Waals surface area contributed by atoms with Crippen LogP contribution in [0.1, 0.15) is 12.8 Å². The van der Waals surface area contributed by atoms with E-state index in [1.165, 1.54) is 7.11 Å². The lowest BCUT2D eigenvalue weighted by Crippen LogP contribution is -2.39. The highest BCUT2D eigenvalue weighted by molar-refractivity contribution is 5.96. The van der Waals surface area contributed by atoms with Gasteiger partial charge in [-0.2, -0.15) is 0 Å². The number of nitrogens with zero attached hydrogens (tertiary/aromatic N) is 2. The highest BCUT2D eigenvalue weighted by Crippen LogP contribution is 2.21. The number of rotatable bonds is 5. The van der Waals surface area contributed by atoms with Crippen LogP contribution in [0.4, 0.5) is 11.5 Å². The maximum absolute atomic E-state index is 11.7. The van der Waals surface area contributed by atoms with Gasteiger partial charge in [0.05, 0.1) is 18.5 Å². The van der Waals surface area contributed by atoms with Crippen molar-refractivity contribution in [3.05, 3.63) is 18.3 Å². The Balaban J connectivity index is 1.98. The summed E-state index contributed by atoms with van der Waals surface area (Å²) >= 11 is 0. The smallest absolute Gasteiger partial charge is 0.244 e. The molecule has 0 bridgehead atoms. The van der Waals surface area contributed by atoms with Crippen molar-refractivity contribution in [2.24, 2.45) is 5.73 Å². The number of nitrogens with one attached hydrogen (secondary N) is 1. The predicted octanol–water partition coefficient (Wildman–Crippen LogP) is 0.121. The normalized spacial score (nSPS) is 16.3. The van der Waals surface area contributed by atoms with E-state index in [0.29, 0.717) is 18.8 Å². The molecule has 0 radical (unpaired) electrons. The SMILES string of the molecule is COCC(N)C(=O)Nc1ccc(N2CCCC2=O)cn1. The molecule has 1 aromatic heterocycles. The van der Waals surface area contributed by atoms with Crippen molar-refractivity contribution < 1.29 is 14.3 Å². The van der Waals surface area contributed by atoms with E-state index in [-0.39, 0.29) is 18.4 Å². The van der Waals surface area contributed by atoms with E-state index in [9.17, 15) is 9.59 Å². The summed E-state index contributed by atoms with van der Waals surface area (Å²) < 4.78 is 4.81. The summed E-state index contributed by atoms with van der Waals surface area (Å²) in [6.07, 6.45) is 3.01. The van der Waals surface area contributed by atoms with Crippen LogP contribution in [0.25, 0.3) is 0 Å². The summed E-state index contributed by atoms with van der Waals surface area (Å²) in [7, 11) is 1.48. The van der Waals surface area contributed by atoms with Gasteiger partial charge >= 0.3 is 0 Å². The maximum atomic E-state index is 11.7. The number of aromatic nitrogens is 1. The molecule has 108 valence electrons. The molecule has 0 aliphatic carbocycles. The molecule has 1 aliphatic heterocycles. The van der Waals surface area contributed by atoms with Gasteiger partial charge in [0, 0.05) is 20.1 Å². The molecule has 1 aliphatic rings. The van der Waals surface area contributed by atoms with Crippen LogP contribution in [-0.2, 0) is 14.3 Å². The largest absolute Gasteiger partial charge is 0.383 e. The second kappa shape index (κ2) is 6.44. The number of methoxy groups -OCH3 is 1. The van der Waals surface area contributed by atoms with Gasteiger partial charge < -0.3 is 20.7 Å². The predicted molar refractivity (Wildman–Crippen MR) is 74.3 cm³/mol. The first-order valence-corrected chi connectivity index (χ1v) is 6.43. The minimum absolute atomic E-state index is 0.103. The molecule has 20 heavy (non-hydrogen) atoms. The second-order valence-electron chi connectivity index (χ2n) is 4.60. The number of carbonyl (C=O) groups is 2. The fraction of sp³-hybridized carbons (Fsp3) is 0.462. The van der Waals surface area contributed by atoms with Crippen LogP contribution in [0.3, 0.4) is 0 Å². The molecule has 0 aromatic carbocycles. The number of anilines is 2. The van der Waals surface area contributed by atoms with Gasteiger partial charge in [0.2, 0.25) is 11.8 Å². The summed E-state index contributed by atoms with van der Waals surface area (Å²) in [5, 5.41) is 2.60. The Kier molecular flexibility index (Phi) is 4.65. The van der Waals surface area contributed by atoms with Crippen molar-refractivity contribution >= 4 is 23.3 Å². The lowest BCUT2D eigenvalue weighted by Gasteiger charge is -2.16. The van der Waals surface area contributed by atoms with Crippen LogP contribution >= 0.6 is 0 Å². The van der Waals surface area contributed by atoms with Gasteiger partial charge in [0.1, 0.15) is 11.9 Å². The van der Waals surface area contributed by atoms with Gasteiger partial charge in [-0.15, -0.1) is 0 Å². The van der Waals surface area contributed by atoms with Gasteiger partial charge in [-0.3, -0.25) is 9.59 Å². The molecule has 1 fully saturated rings. The quantitative estimate of drug-likeness (QED) is 0.797. The fourth-order valence-electron chi connectivity index (χ4n) is 2.01. The summed E-state index contributed by atoms with van der Waals surface area (Å²) in [5.74, 6) is 0.145. The van der Waals surface area contributed by atoms with Crippen LogP contribution in [0.5, 0.6) is 0 Å². The molecule has 3 N–H and O–H groups in total. The van der Waals surface area contributed by atoms with E-state index in [2.05, 4.69) is 10.3 Å². The van der Waals surface area contributed by atoms with E-state index in [4.69, 9.17) is 10.5 Å². The second-order valence-corrected chi connectivity index (χ2v) is 4.60.